The number of nitro benzene ring substituents is 1. The van der Waals surface area contributed by atoms with Crippen molar-refractivity contribution < 1.29 is 19.3 Å². The summed E-state index contributed by atoms with van der Waals surface area (Å²) in [7, 11) is 1.59. The predicted molar refractivity (Wildman–Crippen MR) is 145 cm³/mol. The first-order valence-electron chi connectivity index (χ1n) is 11.3. The lowest BCUT2D eigenvalue weighted by Gasteiger charge is -2.18. The van der Waals surface area contributed by atoms with Gasteiger partial charge in [0.05, 0.1) is 12.0 Å². The average Bonchev–Trinajstić information content (AvgIpc) is 3.27. The van der Waals surface area contributed by atoms with Crippen LogP contribution in [0.5, 0.6) is 11.5 Å². The SMILES string of the molecule is COc1ccc(-n2c(C)nnc2S[C@H](C[N+](=O)[O-])c2cc(Br)ccc2OCc2ccc([N+](=O)[O-])cc2)cc1. The van der Waals surface area contributed by atoms with Gasteiger partial charge in [0.25, 0.3) is 5.69 Å². The van der Waals surface area contributed by atoms with Crippen molar-refractivity contribution in [2.24, 2.45) is 0 Å². The lowest BCUT2D eigenvalue weighted by molar-refractivity contribution is -0.479. The molecule has 0 unspecified atom stereocenters. The van der Waals surface area contributed by atoms with E-state index in [-0.39, 0.29) is 23.8 Å². The van der Waals surface area contributed by atoms with Gasteiger partial charge < -0.3 is 9.47 Å². The van der Waals surface area contributed by atoms with Gasteiger partial charge in [-0.3, -0.25) is 24.8 Å². The number of rotatable bonds is 11. The van der Waals surface area contributed by atoms with Crippen LogP contribution in [0.25, 0.3) is 5.69 Å². The fourth-order valence-electron chi connectivity index (χ4n) is 3.69. The lowest BCUT2D eigenvalue weighted by atomic mass is 10.1. The Balaban J connectivity index is 1.64. The molecule has 13 heteroatoms. The van der Waals surface area contributed by atoms with Crippen LogP contribution >= 0.6 is 27.7 Å². The number of halogens is 1. The van der Waals surface area contributed by atoms with Gasteiger partial charge in [0.15, 0.2) is 5.16 Å². The molecule has 0 saturated heterocycles. The van der Waals surface area contributed by atoms with Crippen LogP contribution in [0.2, 0.25) is 0 Å². The largest absolute Gasteiger partial charge is 0.497 e. The third-order valence-electron chi connectivity index (χ3n) is 5.55. The van der Waals surface area contributed by atoms with Gasteiger partial charge >= 0.3 is 0 Å². The Morgan fingerprint density at radius 1 is 1.03 bits per heavy atom. The highest BCUT2D eigenvalue weighted by atomic mass is 79.9. The summed E-state index contributed by atoms with van der Waals surface area (Å²) >= 11 is 4.67. The Bertz CT molecular complexity index is 1450. The molecule has 11 nitrogen and oxygen atoms in total. The topological polar surface area (TPSA) is 135 Å². The maximum atomic E-state index is 11.7. The van der Waals surface area contributed by atoms with Gasteiger partial charge in [-0.1, -0.05) is 27.7 Å². The Morgan fingerprint density at radius 3 is 2.37 bits per heavy atom. The molecule has 0 aliphatic carbocycles. The molecule has 0 aliphatic rings. The fourth-order valence-corrected chi connectivity index (χ4v) is 5.26. The van der Waals surface area contributed by atoms with Crippen molar-refractivity contribution in [1.29, 1.82) is 0 Å². The average molecular weight is 600 g/mol. The Labute approximate surface area is 230 Å². The summed E-state index contributed by atoms with van der Waals surface area (Å²) in [6.07, 6.45) is 0. The molecule has 0 N–H and O–H groups in total. The number of thioether (sulfide) groups is 1. The summed E-state index contributed by atoms with van der Waals surface area (Å²) in [5.41, 5.74) is 2.10. The molecule has 4 aromatic rings. The van der Waals surface area contributed by atoms with Gasteiger partial charge in [-0.2, -0.15) is 0 Å². The summed E-state index contributed by atoms with van der Waals surface area (Å²) in [4.78, 5) is 21.8. The third kappa shape index (κ3) is 6.47. The maximum Gasteiger partial charge on any atom is 0.269 e. The number of non-ortho nitro benzene ring substituents is 1. The summed E-state index contributed by atoms with van der Waals surface area (Å²) in [5, 5.41) is 30.9. The summed E-state index contributed by atoms with van der Waals surface area (Å²) in [6, 6.07) is 18.7. The molecule has 38 heavy (non-hydrogen) atoms. The van der Waals surface area contributed by atoms with Gasteiger partial charge in [-0.15, -0.1) is 10.2 Å². The van der Waals surface area contributed by atoms with E-state index in [2.05, 4.69) is 26.1 Å². The number of aromatic nitrogens is 3. The van der Waals surface area contributed by atoms with E-state index in [1.165, 1.54) is 23.9 Å². The summed E-state index contributed by atoms with van der Waals surface area (Å²) < 4.78 is 13.8. The van der Waals surface area contributed by atoms with Gasteiger partial charge in [0.1, 0.15) is 29.2 Å². The lowest BCUT2D eigenvalue weighted by Crippen LogP contribution is -2.12. The third-order valence-corrected chi connectivity index (χ3v) is 7.20. The molecule has 0 fully saturated rings. The standard InChI is InChI=1S/C25H22BrN5O6S/c1-16-27-28-25(30(16)19-8-10-21(36-2)11-9-19)38-24(14-29(32)33)22-13-18(26)5-12-23(22)37-15-17-3-6-20(7-4-17)31(34)35/h3-13,24H,14-15H2,1-2H3/t24-/m1/s1. The first kappa shape index (κ1) is 27.1. The number of nitrogens with zero attached hydrogens (tertiary/aromatic N) is 5. The summed E-state index contributed by atoms with van der Waals surface area (Å²) in [6.45, 7) is 1.55. The number of hydrogen-bond acceptors (Lipinski definition) is 9. The van der Waals surface area contributed by atoms with Gasteiger partial charge in [0.2, 0.25) is 6.54 Å². The second-order valence-electron chi connectivity index (χ2n) is 8.08. The first-order valence-corrected chi connectivity index (χ1v) is 12.9. The van der Waals surface area contributed by atoms with Crippen molar-refractivity contribution >= 4 is 33.4 Å². The zero-order valence-corrected chi connectivity index (χ0v) is 22.7. The quantitative estimate of drug-likeness (QED) is 0.116. The van der Waals surface area contributed by atoms with E-state index in [1.54, 1.807) is 37.4 Å². The molecule has 0 spiro atoms. The number of benzene rings is 3. The fraction of sp³-hybridized carbons (Fsp3) is 0.200. The number of methoxy groups -OCH3 is 1. The summed E-state index contributed by atoms with van der Waals surface area (Å²) in [5.74, 6) is 1.78. The number of hydrogen-bond donors (Lipinski definition) is 0. The van der Waals surface area contributed by atoms with Crippen molar-refractivity contribution in [3.8, 4) is 17.2 Å². The van der Waals surface area contributed by atoms with Crippen LogP contribution in [0.15, 0.2) is 76.4 Å². The molecule has 1 atom stereocenters. The molecule has 0 aliphatic heterocycles. The first-order chi connectivity index (χ1) is 18.2. The zero-order chi connectivity index (χ0) is 27.2. The molecule has 1 aromatic heterocycles. The molecule has 196 valence electrons. The van der Waals surface area contributed by atoms with E-state index in [1.807, 2.05) is 35.8 Å². The number of ether oxygens (including phenoxy) is 2. The number of nitro groups is 2. The van der Waals surface area contributed by atoms with Crippen molar-refractivity contribution in [3.63, 3.8) is 0 Å². The van der Waals surface area contributed by atoms with E-state index in [0.717, 1.165) is 15.7 Å². The van der Waals surface area contributed by atoms with Gasteiger partial charge in [-0.05, 0) is 67.1 Å². The Morgan fingerprint density at radius 2 is 1.74 bits per heavy atom. The normalized spacial score (nSPS) is 11.7. The maximum absolute atomic E-state index is 11.7. The van der Waals surface area contributed by atoms with Gasteiger partial charge in [0, 0.05) is 32.8 Å². The van der Waals surface area contributed by atoms with E-state index >= 15 is 0 Å². The van der Waals surface area contributed by atoms with Gasteiger partial charge in [-0.25, -0.2) is 0 Å². The van der Waals surface area contributed by atoms with Crippen LogP contribution in [0, 0.1) is 27.2 Å². The van der Waals surface area contributed by atoms with Crippen LogP contribution in [-0.4, -0.2) is 38.3 Å². The van der Waals surface area contributed by atoms with E-state index in [9.17, 15) is 20.2 Å². The van der Waals surface area contributed by atoms with Crippen LogP contribution in [0.1, 0.15) is 22.2 Å². The van der Waals surface area contributed by atoms with Crippen molar-refractivity contribution in [2.45, 2.75) is 23.9 Å². The van der Waals surface area contributed by atoms with Crippen molar-refractivity contribution in [3.05, 3.63) is 108 Å². The van der Waals surface area contributed by atoms with Crippen LogP contribution in [-0.2, 0) is 6.61 Å². The molecule has 0 amide bonds. The van der Waals surface area contributed by atoms with E-state index in [4.69, 9.17) is 9.47 Å². The highest BCUT2D eigenvalue weighted by Gasteiger charge is 2.27. The Kier molecular flexibility index (Phi) is 8.59. The minimum absolute atomic E-state index is 0.0169. The van der Waals surface area contributed by atoms with Crippen LogP contribution < -0.4 is 9.47 Å². The van der Waals surface area contributed by atoms with Crippen LogP contribution in [0.4, 0.5) is 5.69 Å². The second kappa shape index (κ2) is 12.0. The molecular weight excluding hydrogens is 578 g/mol. The highest BCUT2D eigenvalue weighted by molar-refractivity contribution is 9.10. The molecular formula is C25H22BrN5O6S. The molecule has 1 heterocycles. The zero-order valence-electron chi connectivity index (χ0n) is 20.3. The van der Waals surface area contributed by atoms with Crippen molar-refractivity contribution in [1.82, 2.24) is 14.8 Å². The Hall–Kier alpha value is -3.97. The minimum atomic E-state index is -0.657. The smallest absolute Gasteiger partial charge is 0.269 e. The van der Waals surface area contributed by atoms with Crippen molar-refractivity contribution in [2.75, 3.05) is 13.7 Å². The molecule has 0 radical (unpaired) electrons. The molecule has 4 rings (SSSR count). The highest BCUT2D eigenvalue weighted by Crippen LogP contribution is 2.41. The predicted octanol–water partition coefficient (Wildman–Crippen LogP) is 5.94. The molecule has 0 bridgehead atoms. The monoisotopic (exact) mass is 599 g/mol. The van der Waals surface area contributed by atoms with E-state index < -0.39 is 10.2 Å². The molecule has 3 aromatic carbocycles. The molecule has 0 saturated carbocycles. The number of aryl methyl sites for hydroxylation is 1. The van der Waals surface area contributed by atoms with E-state index in [0.29, 0.717) is 28.0 Å². The van der Waals surface area contributed by atoms with Crippen LogP contribution in [0.3, 0.4) is 0 Å². The second-order valence-corrected chi connectivity index (χ2v) is 10.2. The minimum Gasteiger partial charge on any atom is -0.497 e.